The summed E-state index contributed by atoms with van der Waals surface area (Å²) >= 11 is 9.20. The molecule has 0 amide bonds. The van der Waals surface area contributed by atoms with Gasteiger partial charge in [0.25, 0.3) is 0 Å². The van der Waals surface area contributed by atoms with Crippen LogP contribution in [0.3, 0.4) is 0 Å². The summed E-state index contributed by atoms with van der Waals surface area (Å²) in [5.74, 6) is -0.422. The Morgan fingerprint density at radius 3 is 2.70 bits per heavy atom. The molecule has 54 valence electrons. The summed E-state index contributed by atoms with van der Waals surface area (Å²) in [5.41, 5.74) is 0.676. The van der Waals surface area contributed by atoms with Crippen molar-refractivity contribution >= 4 is 30.1 Å². The molecule has 0 aliphatic rings. The molecule has 10 heavy (non-hydrogen) atoms. The van der Waals surface area contributed by atoms with Crippen molar-refractivity contribution in [2.45, 2.75) is 0 Å². The Morgan fingerprint density at radius 1 is 1.50 bits per heavy atom. The van der Waals surface area contributed by atoms with Crippen LogP contribution >= 0.6 is 24.4 Å². The summed E-state index contributed by atoms with van der Waals surface area (Å²) in [6, 6.07) is 4.29. The summed E-state index contributed by atoms with van der Waals surface area (Å²) in [6.07, 6.45) is 0. The average Bonchev–Trinajstić information content (AvgIpc) is 1.95. The molecule has 0 fully saturated rings. The Balaban J connectivity index is 3.04. The highest BCUT2D eigenvalue weighted by Gasteiger charge is 1.97. The topological polar surface area (TPSA) is 12.0 Å². The Bertz CT molecular complexity index is 241. The fraction of sp³-hybridized carbons (Fsp3) is 0. The van der Waals surface area contributed by atoms with Gasteiger partial charge in [-0.15, -0.1) is 0 Å². The van der Waals surface area contributed by atoms with Crippen LogP contribution in [0.15, 0.2) is 18.2 Å². The first-order chi connectivity index (χ1) is 4.74. The third kappa shape index (κ3) is 1.55. The van der Waals surface area contributed by atoms with Gasteiger partial charge in [-0.3, -0.25) is 0 Å². The lowest BCUT2D eigenvalue weighted by atomic mass is 10.3. The zero-order valence-electron chi connectivity index (χ0n) is 4.94. The van der Waals surface area contributed by atoms with Gasteiger partial charge in [-0.1, -0.05) is 24.4 Å². The van der Waals surface area contributed by atoms with Gasteiger partial charge in [0.2, 0.25) is 0 Å². The SMILES string of the molecule is Fc1ccc(NS)cc1Cl. The molecular formula is C6H5ClFNS. The van der Waals surface area contributed by atoms with E-state index >= 15 is 0 Å². The van der Waals surface area contributed by atoms with Crippen LogP contribution in [0.25, 0.3) is 0 Å². The minimum atomic E-state index is -0.422. The number of hydrogen-bond acceptors (Lipinski definition) is 2. The second-order valence-electron chi connectivity index (χ2n) is 1.74. The summed E-state index contributed by atoms with van der Waals surface area (Å²) in [5, 5.41) is 0.0963. The maximum Gasteiger partial charge on any atom is 0.141 e. The summed E-state index contributed by atoms with van der Waals surface area (Å²) in [6.45, 7) is 0. The third-order valence-corrected chi connectivity index (χ3v) is 1.60. The van der Waals surface area contributed by atoms with Crippen LogP contribution in [0.1, 0.15) is 0 Å². The first-order valence-electron chi connectivity index (χ1n) is 2.59. The average molecular weight is 178 g/mol. The molecule has 0 bridgehead atoms. The van der Waals surface area contributed by atoms with Crippen LogP contribution in [0, 0.1) is 5.82 Å². The number of halogens is 2. The van der Waals surface area contributed by atoms with Crippen molar-refractivity contribution in [2.24, 2.45) is 0 Å². The van der Waals surface area contributed by atoms with Gasteiger partial charge in [-0.25, -0.2) is 4.39 Å². The minimum absolute atomic E-state index is 0.0963. The molecule has 0 aromatic heterocycles. The number of nitrogens with one attached hydrogen (secondary N) is 1. The Morgan fingerprint density at radius 2 is 2.20 bits per heavy atom. The maximum absolute atomic E-state index is 12.5. The van der Waals surface area contributed by atoms with Gasteiger partial charge in [0, 0.05) is 5.69 Å². The molecule has 1 aromatic carbocycles. The van der Waals surface area contributed by atoms with E-state index in [0.29, 0.717) is 5.69 Å². The van der Waals surface area contributed by atoms with Gasteiger partial charge < -0.3 is 4.72 Å². The first kappa shape index (κ1) is 7.69. The molecule has 4 heteroatoms. The normalized spacial score (nSPS) is 9.50. The smallest absolute Gasteiger partial charge is 0.141 e. The summed E-state index contributed by atoms with van der Waals surface area (Å²) in [7, 11) is 0. The van der Waals surface area contributed by atoms with Crippen LogP contribution in [-0.4, -0.2) is 0 Å². The van der Waals surface area contributed by atoms with Crippen molar-refractivity contribution in [1.29, 1.82) is 0 Å². The van der Waals surface area contributed by atoms with E-state index in [9.17, 15) is 4.39 Å². The molecule has 0 aliphatic heterocycles. The monoisotopic (exact) mass is 177 g/mol. The van der Waals surface area contributed by atoms with E-state index in [1.165, 1.54) is 12.1 Å². The first-order valence-corrected chi connectivity index (χ1v) is 3.41. The fourth-order valence-corrected chi connectivity index (χ4v) is 0.885. The number of thiol groups is 1. The van der Waals surface area contributed by atoms with Crippen LogP contribution < -0.4 is 4.72 Å². The highest BCUT2D eigenvalue weighted by atomic mass is 35.5. The van der Waals surface area contributed by atoms with Crippen LogP contribution in [0.5, 0.6) is 0 Å². The fourth-order valence-electron chi connectivity index (χ4n) is 0.566. The quantitative estimate of drug-likeness (QED) is 0.629. The maximum atomic E-state index is 12.5. The lowest BCUT2D eigenvalue weighted by Crippen LogP contribution is -1.81. The minimum Gasteiger partial charge on any atom is -0.332 e. The van der Waals surface area contributed by atoms with E-state index < -0.39 is 5.82 Å². The number of hydrogen-bond donors (Lipinski definition) is 2. The van der Waals surface area contributed by atoms with E-state index in [4.69, 9.17) is 11.6 Å². The Labute approximate surface area is 68.7 Å². The molecular weight excluding hydrogens is 173 g/mol. The van der Waals surface area contributed by atoms with Gasteiger partial charge in [0.15, 0.2) is 0 Å². The molecule has 0 unspecified atom stereocenters. The zero-order valence-corrected chi connectivity index (χ0v) is 6.59. The highest BCUT2D eigenvalue weighted by Crippen LogP contribution is 2.19. The number of benzene rings is 1. The summed E-state index contributed by atoms with van der Waals surface area (Å²) < 4.78 is 15.0. The molecule has 0 spiro atoms. The van der Waals surface area contributed by atoms with E-state index in [1.54, 1.807) is 6.07 Å². The van der Waals surface area contributed by atoms with E-state index in [2.05, 4.69) is 17.5 Å². The van der Waals surface area contributed by atoms with Crippen molar-refractivity contribution in [3.8, 4) is 0 Å². The van der Waals surface area contributed by atoms with E-state index in [1.807, 2.05) is 0 Å². The van der Waals surface area contributed by atoms with Crippen molar-refractivity contribution in [2.75, 3.05) is 4.72 Å². The lowest BCUT2D eigenvalue weighted by molar-refractivity contribution is 0.628. The van der Waals surface area contributed by atoms with Gasteiger partial charge in [0.05, 0.1) is 5.02 Å². The standard InChI is InChI=1S/C6H5ClFNS/c7-5-3-4(9-10)1-2-6(5)8/h1-3,9-10H. The predicted octanol–water partition coefficient (Wildman–Crippen LogP) is 2.74. The van der Waals surface area contributed by atoms with Crippen molar-refractivity contribution in [3.63, 3.8) is 0 Å². The lowest BCUT2D eigenvalue weighted by Gasteiger charge is -1.98. The zero-order chi connectivity index (χ0) is 7.56. The molecule has 0 heterocycles. The van der Waals surface area contributed by atoms with Crippen LogP contribution in [-0.2, 0) is 0 Å². The molecule has 0 atom stereocenters. The highest BCUT2D eigenvalue weighted by molar-refractivity contribution is 7.81. The summed E-state index contributed by atoms with van der Waals surface area (Å²) in [4.78, 5) is 0. The number of rotatable bonds is 1. The van der Waals surface area contributed by atoms with E-state index in [-0.39, 0.29) is 5.02 Å². The number of anilines is 1. The molecule has 0 radical (unpaired) electrons. The molecule has 1 rings (SSSR count). The van der Waals surface area contributed by atoms with Crippen molar-refractivity contribution in [3.05, 3.63) is 29.0 Å². The van der Waals surface area contributed by atoms with Crippen molar-refractivity contribution in [1.82, 2.24) is 0 Å². The third-order valence-electron chi connectivity index (χ3n) is 1.05. The second-order valence-corrected chi connectivity index (χ2v) is 2.37. The van der Waals surface area contributed by atoms with Gasteiger partial charge >= 0.3 is 0 Å². The largest absolute Gasteiger partial charge is 0.332 e. The Kier molecular flexibility index (Phi) is 2.40. The molecule has 0 aliphatic carbocycles. The predicted molar refractivity (Wildman–Crippen MR) is 44.0 cm³/mol. The second kappa shape index (κ2) is 3.12. The molecule has 1 nitrogen and oxygen atoms in total. The molecule has 0 saturated carbocycles. The molecule has 1 N–H and O–H groups in total. The van der Waals surface area contributed by atoms with Gasteiger partial charge in [0.1, 0.15) is 5.82 Å². The molecule has 1 aromatic rings. The van der Waals surface area contributed by atoms with Crippen LogP contribution in [0.4, 0.5) is 10.1 Å². The Hall–Kier alpha value is -0.410. The van der Waals surface area contributed by atoms with Crippen LogP contribution in [0.2, 0.25) is 5.02 Å². The van der Waals surface area contributed by atoms with E-state index in [0.717, 1.165) is 0 Å². The van der Waals surface area contributed by atoms with Gasteiger partial charge in [-0.2, -0.15) is 0 Å². The van der Waals surface area contributed by atoms with Crippen molar-refractivity contribution < 1.29 is 4.39 Å². The molecule has 0 saturated heterocycles. The van der Waals surface area contributed by atoms with Gasteiger partial charge in [-0.05, 0) is 18.2 Å².